The minimum Gasteiger partial charge on any atom is -0.391 e. The number of β-amino-alcohol motifs (C(OH)–C–C–N with tert-alkyl or cyclic N) is 1. The molecule has 3 rings (SSSR count). The van der Waals surface area contributed by atoms with E-state index in [4.69, 9.17) is 0 Å². The Morgan fingerprint density at radius 2 is 2.10 bits per heavy atom. The molecule has 6 nitrogen and oxygen atoms in total. The lowest BCUT2D eigenvalue weighted by molar-refractivity contribution is 0.113. The number of aromatic amines is 1. The average molecular weight is 352 g/mol. The van der Waals surface area contributed by atoms with E-state index in [0.717, 1.165) is 30.4 Å². The van der Waals surface area contributed by atoms with Gasteiger partial charge in [0.25, 0.3) is 0 Å². The van der Waals surface area contributed by atoms with Crippen molar-refractivity contribution in [1.82, 2.24) is 25.5 Å². The maximum absolute atomic E-state index is 10.2. The number of fused-ring (bicyclic) bond motifs is 1. The minimum atomic E-state index is -0.462. The van der Waals surface area contributed by atoms with Gasteiger partial charge in [-0.25, -0.2) is 0 Å². The SMILES string of the molecule is O[C@H](Cc1nn[nH]n1)CN1CCc2ccc(Br)cc2CC1. The highest BCUT2D eigenvalue weighted by Crippen LogP contribution is 2.21. The molecule has 0 fully saturated rings. The van der Waals surface area contributed by atoms with E-state index in [1.54, 1.807) is 0 Å². The second-order valence-electron chi connectivity index (χ2n) is 5.40. The van der Waals surface area contributed by atoms with Gasteiger partial charge >= 0.3 is 0 Å². The van der Waals surface area contributed by atoms with Crippen LogP contribution in [-0.2, 0) is 19.3 Å². The van der Waals surface area contributed by atoms with E-state index >= 15 is 0 Å². The first-order valence-electron chi connectivity index (χ1n) is 7.11. The summed E-state index contributed by atoms with van der Waals surface area (Å²) >= 11 is 3.53. The summed E-state index contributed by atoms with van der Waals surface area (Å²) in [4.78, 5) is 2.30. The molecule has 1 aromatic carbocycles. The van der Waals surface area contributed by atoms with Gasteiger partial charge in [0.2, 0.25) is 0 Å². The van der Waals surface area contributed by atoms with Crippen LogP contribution in [0.1, 0.15) is 17.0 Å². The van der Waals surface area contributed by atoms with E-state index in [-0.39, 0.29) is 0 Å². The topological polar surface area (TPSA) is 77.9 Å². The first-order chi connectivity index (χ1) is 10.2. The number of aliphatic hydroxyl groups is 1. The molecule has 1 atom stereocenters. The van der Waals surface area contributed by atoms with Crippen molar-refractivity contribution < 1.29 is 5.11 Å². The third kappa shape index (κ3) is 3.87. The van der Waals surface area contributed by atoms with E-state index in [9.17, 15) is 5.11 Å². The van der Waals surface area contributed by atoms with Crippen molar-refractivity contribution in [1.29, 1.82) is 0 Å². The summed E-state index contributed by atoms with van der Waals surface area (Å²) in [7, 11) is 0. The molecule has 112 valence electrons. The van der Waals surface area contributed by atoms with Crippen LogP contribution in [0.25, 0.3) is 0 Å². The number of nitrogens with zero attached hydrogens (tertiary/aromatic N) is 4. The molecule has 0 aliphatic carbocycles. The average Bonchev–Trinajstić information content (AvgIpc) is 2.88. The standard InChI is InChI=1S/C14H18BrN5O/c15-12-2-1-10-3-5-20(6-4-11(10)7-12)9-13(21)8-14-16-18-19-17-14/h1-2,7,13,21H,3-6,8-9H2,(H,16,17,18,19)/t13-/m1/s1. The van der Waals surface area contributed by atoms with Gasteiger partial charge in [-0.3, -0.25) is 0 Å². The molecular weight excluding hydrogens is 334 g/mol. The molecule has 1 aliphatic rings. The number of hydrogen-bond donors (Lipinski definition) is 2. The normalized spacial score (nSPS) is 17.2. The van der Waals surface area contributed by atoms with Crippen LogP contribution in [0.2, 0.25) is 0 Å². The highest BCUT2D eigenvalue weighted by atomic mass is 79.9. The zero-order valence-corrected chi connectivity index (χ0v) is 13.3. The summed E-state index contributed by atoms with van der Waals surface area (Å²) in [5, 5.41) is 23.8. The number of halogens is 1. The van der Waals surface area contributed by atoms with E-state index in [1.807, 2.05) is 0 Å². The Morgan fingerprint density at radius 1 is 1.29 bits per heavy atom. The Balaban J connectivity index is 1.56. The van der Waals surface area contributed by atoms with Crippen molar-refractivity contribution in [3.05, 3.63) is 39.6 Å². The Bertz CT molecular complexity index is 589. The van der Waals surface area contributed by atoms with Crippen LogP contribution in [0.5, 0.6) is 0 Å². The molecule has 21 heavy (non-hydrogen) atoms. The predicted molar refractivity (Wildman–Crippen MR) is 81.9 cm³/mol. The third-order valence-electron chi connectivity index (χ3n) is 3.84. The van der Waals surface area contributed by atoms with Crippen molar-refractivity contribution in [2.24, 2.45) is 0 Å². The largest absolute Gasteiger partial charge is 0.391 e. The fourth-order valence-corrected chi connectivity index (χ4v) is 3.17. The molecule has 0 saturated heterocycles. The van der Waals surface area contributed by atoms with Gasteiger partial charge in [-0.2, -0.15) is 5.21 Å². The zero-order valence-electron chi connectivity index (χ0n) is 11.7. The van der Waals surface area contributed by atoms with Crippen LogP contribution in [0.15, 0.2) is 22.7 Å². The van der Waals surface area contributed by atoms with Crippen molar-refractivity contribution in [2.75, 3.05) is 19.6 Å². The highest BCUT2D eigenvalue weighted by Gasteiger charge is 2.18. The molecule has 2 aromatic rings. The molecule has 7 heteroatoms. The Hall–Kier alpha value is -1.31. The van der Waals surface area contributed by atoms with Gasteiger partial charge in [-0.1, -0.05) is 27.2 Å². The lowest BCUT2D eigenvalue weighted by Gasteiger charge is -2.22. The smallest absolute Gasteiger partial charge is 0.177 e. The lowest BCUT2D eigenvalue weighted by atomic mass is 10.0. The second kappa shape index (κ2) is 6.64. The van der Waals surface area contributed by atoms with Gasteiger partial charge in [-0.15, -0.1) is 10.2 Å². The Morgan fingerprint density at radius 3 is 2.86 bits per heavy atom. The van der Waals surface area contributed by atoms with Gasteiger partial charge < -0.3 is 10.0 Å². The van der Waals surface area contributed by atoms with Crippen molar-refractivity contribution in [3.8, 4) is 0 Å². The molecule has 0 saturated carbocycles. The Kier molecular flexibility index (Phi) is 4.62. The van der Waals surface area contributed by atoms with Crippen LogP contribution in [0.4, 0.5) is 0 Å². The Labute approximate surface area is 131 Å². The summed E-state index contributed by atoms with van der Waals surface area (Å²) in [5.41, 5.74) is 2.81. The molecule has 1 aliphatic heterocycles. The molecule has 0 radical (unpaired) electrons. The molecule has 0 spiro atoms. The summed E-state index contributed by atoms with van der Waals surface area (Å²) in [6.07, 6.45) is 2.02. The summed E-state index contributed by atoms with van der Waals surface area (Å²) in [6, 6.07) is 6.49. The molecule has 0 amide bonds. The van der Waals surface area contributed by atoms with Gasteiger partial charge in [0.15, 0.2) is 5.82 Å². The fourth-order valence-electron chi connectivity index (χ4n) is 2.76. The van der Waals surface area contributed by atoms with E-state index in [1.165, 1.54) is 11.1 Å². The summed E-state index contributed by atoms with van der Waals surface area (Å²) < 4.78 is 1.13. The number of rotatable bonds is 4. The predicted octanol–water partition coefficient (Wildman–Crippen LogP) is 0.966. The maximum Gasteiger partial charge on any atom is 0.177 e. The second-order valence-corrected chi connectivity index (χ2v) is 6.32. The molecule has 0 unspecified atom stereocenters. The lowest BCUT2D eigenvalue weighted by Crippen LogP contribution is -2.35. The van der Waals surface area contributed by atoms with Crippen molar-refractivity contribution in [2.45, 2.75) is 25.4 Å². The van der Waals surface area contributed by atoms with E-state index in [2.05, 4.69) is 59.7 Å². The zero-order chi connectivity index (χ0) is 14.7. The van der Waals surface area contributed by atoms with Crippen molar-refractivity contribution >= 4 is 15.9 Å². The quantitative estimate of drug-likeness (QED) is 0.857. The number of H-pyrrole nitrogens is 1. The maximum atomic E-state index is 10.2. The van der Waals surface area contributed by atoms with Gasteiger partial charge in [0, 0.05) is 30.5 Å². The monoisotopic (exact) mass is 351 g/mol. The van der Waals surface area contributed by atoms with Crippen LogP contribution in [0, 0.1) is 0 Å². The van der Waals surface area contributed by atoms with E-state index in [0.29, 0.717) is 18.8 Å². The number of hydrogen-bond acceptors (Lipinski definition) is 5. The molecule has 2 N–H and O–H groups in total. The van der Waals surface area contributed by atoms with Gasteiger partial charge in [-0.05, 0) is 36.1 Å². The number of nitrogens with one attached hydrogen (secondary N) is 1. The minimum absolute atomic E-state index is 0.436. The number of benzene rings is 1. The highest BCUT2D eigenvalue weighted by molar-refractivity contribution is 9.10. The molecule has 2 heterocycles. The molecule has 0 bridgehead atoms. The molecular formula is C14H18BrN5O. The number of tetrazole rings is 1. The van der Waals surface area contributed by atoms with Crippen LogP contribution >= 0.6 is 15.9 Å². The van der Waals surface area contributed by atoms with Crippen LogP contribution in [-0.4, -0.2) is 56.4 Å². The van der Waals surface area contributed by atoms with Gasteiger partial charge in [0.1, 0.15) is 0 Å². The first kappa shape index (κ1) is 14.6. The van der Waals surface area contributed by atoms with Crippen LogP contribution in [0.3, 0.4) is 0 Å². The van der Waals surface area contributed by atoms with E-state index < -0.39 is 6.10 Å². The van der Waals surface area contributed by atoms with Crippen LogP contribution < -0.4 is 0 Å². The number of aliphatic hydroxyl groups excluding tert-OH is 1. The summed E-state index contributed by atoms with van der Waals surface area (Å²) in [6.45, 7) is 2.58. The first-order valence-corrected chi connectivity index (χ1v) is 7.90. The number of aromatic nitrogens is 4. The van der Waals surface area contributed by atoms with Gasteiger partial charge in [0.05, 0.1) is 6.10 Å². The third-order valence-corrected chi connectivity index (χ3v) is 4.33. The fraction of sp³-hybridized carbons (Fsp3) is 0.500. The molecule has 1 aromatic heterocycles. The van der Waals surface area contributed by atoms with Crippen molar-refractivity contribution in [3.63, 3.8) is 0 Å². The summed E-state index contributed by atoms with van der Waals surface area (Å²) in [5.74, 6) is 0.560.